The summed E-state index contributed by atoms with van der Waals surface area (Å²) >= 11 is 0. The van der Waals surface area contributed by atoms with Crippen LogP contribution in [0.3, 0.4) is 0 Å². The van der Waals surface area contributed by atoms with Crippen molar-refractivity contribution in [2.24, 2.45) is 11.7 Å². The lowest BCUT2D eigenvalue weighted by Crippen LogP contribution is -2.54. The number of hydrogen-bond acceptors (Lipinski definition) is 5. The van der Waals surface area contributed by atoms with Gasteiger partial charge in [-0.05, 0) is 32.2 Å². The van der Waals surface area contributed by atoms with Crippen LogP contribution in [0.5, 0.6) is 0 Å². The smallest absolute Gasteiger partial charge is 0.478 e. The molecule has 0 radical (unpaired) electrons. The molecule has 0 aromatic heterocycles. The first-order valence-corrected chi connectivity index (χ1v) is 6.56. The number of carbonyl (C=O) groups excluding carboxylic acids is 1. The summed E-state index contributed by atoms with van der Waals surface area (Å²) < 4.78 is 5.41. The largest absolute Gasteiger partial charge is 0.481 e. The number of nitrogens with two attached hydrogens (primary N) is 1. The highest BCUT2D eigenvalue weighted by Gasteiger charge is 2.63. The van der Waals surface area contributed by atoms with Crippen molar-refractivity contribution >= 4 is 19.0 Å². The fourth-order valence-corrected chi connectivity index (χ4v) is 2.61. The minimum Gasteiger partial charge on any atom is -0.481 e. The van der Waals surface area contributed by atoms with Crippen LogP contribution in [0.15, 0.2) is 0 Å². The molecule has 1 amide bonds. The van der Waals surface area contributed by atoms with Gasteiger partial charge in [0.2, 0.25) is 5.91 Å². The number of nitrogens with one attached hydrogen (secondary N) is 1. The van der Waals surface area contributed by atoms with E-state index in [1.165, 1.54) is 0 Å². The molecule has 8 heteroatoms. The maximum absolute atomic E-state index is 11.5. The summed E-state index contributed by atoms with van der Waals surface area (Å²) in [4.78, 5) is 22.4. The highest BCUT2D eigenvalue weighted by molar-refractivity contribution is 6.45. The Hall–Kier alpha value is -1.12. The first-order valence-electron chi connectivity index (χ1n) is 6.56. The predicted octanol–water partition coefficient (Wildman–Crippen LogP) is -1.12. The molecule has 2 fully saturated rings. The highest BCUT2D eigenvalue weighted by Crippen LogP contribution is 2.52. The SMILES string of the molecule is NCCCC(=O)N[C@H]1CCC2(CC2C(=O)O)OB1O. The van der Waals surface area contributed by atoms with Crippen LogP contribution in [0.4, 0.5) is 0 Å². The first-order chi connectivity index (χ1) is 8.98. The second-order valence-corrected chi connectivity index (χ2v) is 5.27. The van der Waals surface area contributed by atoms with Gasteiger partial charge in [0.1, 0.15) is 0 Å². The fraction of sp³-hybridized carbons (Fsp3) is 0.818. The quantitative estimate of drug-likeness (QED) is 0.469. The van der Waals surface area contributed by atoms with Crippen LogP contribution in [0, 0.1) is 5.92 Å². The van der Waals surface area contributed by atoms with Crippen LogP contribution in [0.1, 0.15) is 32.1 Å². The van der Waals surface area contributed by atoms with Crippen molar-refractivity contribution in [1.82, 2.24) is 5.32 Å². The molecule has 0 aromatic carbocycles. The summed E-state index contributed by atoms with van der Waals surface area (Å²) in [5.74, 6) is -2.06. The molecule has 2 aliphatic rings. The van der Waals surface area contributed by atoms with Gasteiger partial charge in [-0.25, -0.2) is 0 Å². The van der Waals surface area contributed by atoms with Crippen molar-refractivity contribution < 1.29 is 24.4 Å². The summed E-state index contributed by atoms with van der Waals surface area (Å²) in [6.07, 6.45) is 2.43. The van der Waals surface area contributed by atoms with Crippen molar-refractivity contribution in [1.29, 1.82) is 0 Å². The van der Waals surface area contributed by atoms with Crippen molar-refractivity contribution in [2.45, 2.75) is 43.6 Å². The van der Waals surface area contributed by atoms with Crippen molar-refractivity contribution in [3.05, 3.63) is 0 Å². The van der Waals surface area contributed by atoms with Crippen molar-refractivity contribution in [3.63, 3.8) is 0 Å². The number of aliphatic carboxylic acids is 1. The third-order valence-electron chi connectivity index (χ3n) is 3.86. The van der Waals surface area contributed by atoms with Gasteiger partial charge in [-0.3, -0.25) is 9.59 Å². The average molecular weight is 270 g/mol. The zero-order valence-corrected chi connectivity index (χ0v) is 10.7. The predicted molar refractivity (Wildman–Crippen MR) is 67.0 cm³/mol. The Morgan fingerprint density at radius 3 is 2.79 bits per heavy atom. The van der Waals surface area contributed by atoms with Gasteiger partial charge in [0.25, 0.3) is 0 Å². The molecule has 106 valence electrons. The molecule has 1 saturated heterocycles. The third-order valence-corrected chi connectivity index (χ3v) is 3.86. The zero-order valence-electron chi connectivity index (χ0n) is 10.7. The standard InChI is InChI=1S/C11H19BN2O5/c13-5-1-2-9(15)14-8-3-4-11(19-12(8)18)6-7(11)10(16)17/h7-8,18H,1-6,13H2,(H,14,15)(H,16,17)/t7?,8-,11?/m0/s1. The molecule has 3 atom stereocenters. The van der Waals surface area contributed by atoms with Crippen LogP contribution < -0.4 is 11.1 Å². The third kappa shape index (κ3) is 3.07. The van der Waals surface area contributed by atoms with Crippen LogP contribution in [-0.2, 0) is 14.2 Å². The Kier molecular flexibility index (Phi) is 4.12. The molecule has 1 heterocycles. The number of carboxylic acid groups (broad SMARTS) is 1. The van der Waals surface area contributed by atoms with E-state index < -0.39 is 30.5 Å². The van der Waals surface area contributed by atoms with E-state index in [0.717, 1.165) is 0 Å². The Balaban J connectivity index is 1.81. The van der Waals surface area contributed by atoms with Gasteiger partial charge in [0, 0.05) is 6.42 Å². The second-order valence-electron chi connectivity index (χ2n) is 5.27. The molecular weight excluding hydrogens is 251 g/mol. The highest BCUT2D eigenvalue weighted by atomic mass is 16.5. The minimum atomic E-state index is -1.14. The summed E-state index contributed by atoms with van der Waals surface area (Å²) in [6, 6.07) is 0. The maximum atomic E-state index is 11.5. The van der Waals surface area contributed by atoms with Gasteiger partial charge < -0.3 is 25.8 Å². The molecule has 0 aromatic rings. The molecule has 0 bridgehead atoms. The monoisotopic (exact) mass is 270 g/mol. The maximum Gasteiger partial charge on any atom is 0.478 e. The van der Waals surface area contributed by atoms with Gasteiger partial charge in [0.15, 0.2) is 0 Å². The van der Waals surface area contributed by atoms with Gasteiger partial charge in [-0.2, -0.15) is 0 Å². The number of carboxylic acids is 1. The van der Waals surface area contributed by atoms with Crippen LogP contribution in [0.2, 0.25) is 0 Å². The van der Waals surface area contributed by atoms with Gasteiger partial charge in [-0.15, -0.1) is 0 Å². The second kappa shape index (κ2) is 5.48. The summed E-state index contributed by atoms with van der Waals surface area (Å²) in [5.41, 5.74) is 4.60. The Labute approximate surface area is 111 Å². The molecular formula is C11H19BN2O5. The minimum absolute atomic E-state index is 0.167. The van der Waals surface area contributed by atoms with E-state index in [2.05, 4.69) is 5.32 Å². The molecule has 2 unspecified atom stereocenters. The number of amides is 1. The topological polar surface area (TPSA) is 122 Å². The van der Waals surface area contributed by atoms with Crippen LogP contribution >= 0.6 is 0 Å². The molecule has 1 aliphatic heterocycles. The van der Waals surface area contributed by atoms with E-state index in [4.69, 9.17) is 15.5 Å². The van der Waals surface area contributed by atoms with E-state index in [-0.39, 0.29) is 5.91 Å². The number of carbonyl (C=O) groups is 2. The average Bonchev–Trinajstić information content (AvgIpc) is 3.05. The Morgan fingerprint density at radius 1 is 1.53 bits per heavy atom. The van der Waals surface area contributed by atoms with E-state index in [1.54, 1.807) is 0 Å². The van der Waals surface area contributed by atoms with E-state index in [9.17, 15) is 14.6 Å². The van der Waals surface area contributed by atoms with E-state index in [0.29, 0.717) is 38.6 Å². The lowest BCUT2D eigenvalue weighted by molar-refractivity contribution is -0.140. The lowest BCUT2D eigenvalue weighted by atomic mass is 9.71. The van der Waals surface area contributed by atoms with Crippen LogP contribution in [0.25, 0.3) is 0 Å². The lowest BCUT2D eigenvalue weighted by Gasteiger charge is -2.32. The molecule has 7 nitrogen and oxygen atoms in total. The zero-order chi connectivity index (χ0) is 14.0. The van der Waals surface area contributed by atoms with Gasteiger partial charge in [0.05, 0.1) is 17.5 Å². The van der Waals surface area contributed by atoms with Crippen molar-refractivity contribution in [2.75, 3.05) is 6.54 Å². The number of rotatable bonds is 5. The fourth-order valence-electron chi connectivity index (χ4n) is 2.61. The molecule has 1 aliphatic carbocycles. The molecule has 19 heavy (non-hydrogen) atoms. The number of hydrogen-bond donors (Lipinski definition) is 4. The summed E-state index contributed by atoms with van der Waals surface area (Å²) in [6.45, 7) is 0.445. The molecule has 1 spiro atoms. The molecule has 1 saturated carbocycles. The first kappa shape index (κ1) is 14.3. The summed E-state index contributed by atoms with van der Waals surface area (Å²) in [7, 11) is -1.14. The Bertz CT molecular complexity index is 380. The van der Waals surface area contributed by atoms with Crippen LogP contribution in [-0.4, -0.2) is 47.2 Å². The van der Waals surface area contributed by atoms with Gasteiger partial charge in [-0.1, -0.05) is 0 Å². The molecule has 2 rings (SSSR count). The normalized spacial score (nSPS) is 33.3. The Morgan fingerprint density at radius 2 is 2.26 bits per heavy atom. The van der Waals surface area contributed by atoms with E-state index >= 15 is 0 Å². The molecule has 5 N–H and O–H groups in total. The summed E-state index contributed by atoms with van der Waals surface area (Å²) in [5, 5.41) is 21.5. The van der Waals surface area contributed by atoms with Crippen molar-refractivity contribution in [3.8, 4) is 0 Å². The van der Waals surface area contributed by atoms with Gasteiger partial charge >= 0.3 is 13.1 Å². The van der Waals surface area contributed by atoms with E-state index in [1.807, 2.05) is 0 Å².